The highest BCUT2D eigenvalue weighted by molar-refractivity contribution is 5.37. The van der Waals surface area contributed by atoms with Crippen LogP contribution in [0.15, 0.2) is 0 Å². The molecule has 1 saturated carbocycles. The minimum absolute atomic E-state index is 0.402. The van der Waals surface area contributed by atoms with Crippen LogP contribution in [0.3, 0.4) is 0 Å². The van der Waals surface area contributed by atoms with E-state index < -0.39 is 0 Å². The summed E-state index contributed by atoms with van der Waals surface area (Å²) in [6, 6.07) is 0.402. The van der Waals surface area contributed by atoms with Crippen molar-refractivity contribution in [3.05, 3.63) is 0 Å². The summed E-state index contributed by atoms with van der Waals surface area (Å²) in [6.45, 7) is 6.46. The van der Waals surface area contributed by atoms with Crippen LogP contribution in [0.25, 0.3) is 0 Å². The van der Waals surface area contributed by atoms with Crippen molar-refractivity contribution < 1.29 is 4.74 Å². The number of ether oxygens (including phenoxy) is 1. The molecule has 1 N–H and O–H groups in total. The van der Waals surface area contributed by atoms with E-state index in [0.717, 1.165) is 25.4 Å². The molecule has 1 aliphatic carbocycles. The van der Waals surface area contributed by atoms with Crippen molar-refractivity contribution in [3.8, 4) is 6.01 Å². The van der Waals surface area contributed by atoms with E-state index in [-0.39, 0.29) is 0 Å². The molecule has 0 bridgehead atoms. The molecular formula is C15H27N5O. The third-order valence-corrected chi connectivity index (χ3v) is 3.76. The molecule has 0 amide bonds. The highest BCUT2D eigenvalue weighted by Gasteiger charge is 2.19. The minimum atomic E-state index is 0.402. The SMILES string of the molecule is CCCNc1nc(OCC)nc(N(C)CC2CCCC2)n1. The van der Waals surface area contributed by atoms with E-state index in [1.807, 2.05) is 14.0 Å². The zero-order chi connectivity index (χ0) is 15.1. The molecule has 21 heavy (non-hydrogen) atoms. The van der Waals surface area contributed by atoms with E-state index in [1.54, 1.807) is 0 Å². The molecule has 2 rings (SSSR count). The summed E-state index contributed by atoms with van der Waals surface area (Å²) < 4.78 is 5.46. The lowest BCUT2D eigenvalue weighted by Crippen LogP contribution is -2.26. The van der Waals surface area contributed by atoms with Crippen LogP contribution in [0.2, 0.25) is 0 Å². The Hall–Kier alpha value is -1.59. The summed E-state index contributed by atoms with van der Waals surface area (Å²) in [4.78, 5) is 15.3. The lowest BCUT2D eigenvalue weighted by Gasteiger charge is -2.21. The fraction of sp³-hybridized carbons (Fsp3) is 0.800. The van der Waals surface area contributed by atoms with Gasteiger partial charge >= 0.3 is 6.01 Å². The molecule has 6 nitrogen and oxygen atoms in total. The molecule has 0 aromatic carbocycles. The number of hydrogen-bond donors (Lipinski definition) is 1. The van der Waals surface area contributed by atoms with Crippen molar-refractivity contribution in [2.24, 2.45) is 5.92 Å². The van der Waals surface area contributed by atoms with E-state index in [4.69, 9.17) is 4.74 Å². The maximum absolute atomic E-state index is 5.46. The highest BCUT2D eigenvalue weighted by atomic mass is 16.5. The van der Waals surface area contributed by atoms with Crippen LogP contribution < -0.4 is 15.0 Å². The van der Waals surface area contributed by atoms with Crippen LogP contribution >= 0.6 is 0 Å². The van der Waals surface area contributed by atoms with Gasteiger partial charge in [0, 0.05) is 20.1 Å². The second kappa shape index (κ2) is 8.00. The third kappa shape index (κ3) is 4.72. The molecule has 1 aromatic heterocycles. The Morgan fingerprint density at radius 3 is 2.62 bits per heavy atom. The van der Waals surface area contributed by atoms with Crippen LogP contribution in [0, 0.1) is 5.92 Å². The van der Waals surface area contributed by atoms with Gasteiger partial charge in [0.2, 0.25) is 11.9 Å². The lowest BCUT2D eigenvalue weighted by molar-refractivity contribution is 0.312. The molecule has 1 aliphatic rings. The first-order valence-corrected chi connectivity index (χ1v) is 8.06. The van der Waals surface area contributed by atoms with Crippen LogP contribution in [0.5, 0.6) is 6.01 Å². The van der Waals surface area contributed by atoms with Gasteiger partial charge in [-0.05, 0) is 32.1 Å². The smallest absolute Gasteiger partial charge is 0.323 e. The lowest BCUT2D eigenvalue weighted by atomic mass is 10.1. The van der Waals surface area contributed by atoms with E-state index in [9.17, 15) is 0 Å². The van der Waals surface area contributed by atoms with Crippen molar-refractivity contribution in [1.82, 2.24) is 15.0 Å². The third-order valence-electron chi connectivity index (χ3n) is 3.76. The summed E-state index contributed by atoms with van der Waals surface area (Å²) in [5, 5.41) is 3.21. The van der Waals surface area contributed by atoms with Crippen molar-refractivity contribution in [2.75, 3.05) is 37.0 Å². The maximum Gasteiger partial charge on any atom is 0.323 e. The first-order valence-electron chi connectivity index (χ1n) is 8.06. The highest BCUT2D eigenvalue weighted by Crippen LogP contribution is 2.26. The number of aromatic nitrogens is 3. The van der Waals surface area contributed by atoms with Crippen molar-refractivity contribution >= 4 is 11.9 Å². The van der Waals surface area contributed by atoms with Crippen LogP contribution in [-0.2, 0) is 0 Å². The number of rotatable bonds is 8. The average Bonchev–Trinajstić information content (AvgIpc) is 2.98. The van der Waals surface area contributed by atoms with Crippen molar-refractivity contribution in [2.45, 2.75) is 46.0 Å². The summed E-state index contributed by atoms with van der Waals surface area (Å²) in [6.07, 6.45) is 6.36. The van der Waals surface area contributed by atoms with E-state index in [0.29, 0.717) is 24.5 Å². The van der Waals surface area contributed by atoms with Gasteiger partial charge in [-0.15, -0.1) is 0 Å². The second-order valence-corrected chi connectivity index (χ2v) is 5.63. The summed E-state index contributed by atoms with van der Waals surface area (Å²) >= 11 is 0. The fourth-order valence-corrected chi connectivity index (χ4v) is 2.69. The maximum atomic E-state index is 5.46. The van der Waals surface area contributed by atoms with E-state index in [2.05, 4.69) is 32.1 Å². The predicted molar refractivity (Wildman–Crippen MR) is 85.0 cm³/mol. The number of hydrogen-bond acceptors (Lipinski definition) is 6. The molecule has 0 saturated heterocycles. The van der Waals surface area contributed by atoms with Gasteiger partial charge in [-0.25, -0.2) is 0 Å². The van der Waals surface area contributed by atoms with Gasteiger partial charge in [0.1, 0.15) is 0 Å². The van der Waals surface area contributed by atoms with Crippen molar-refractivity contribution in [3.63, 3.8) is 0 Å². The first kappa shape index (κ1) is 15.8. The Bertz CT molecular complexity index is 434. The molecule has 0 atom stereocenters. The molecule has 1 fully saturated rings. The van der Waals surface area contributed by atoms with Crippen LogP contribution in [-0.4, -0.2) is 41.7 Å². The standard InChI is InChI=1S/C15H27N5O/c1-4-10-16-13-17-14(19-15(18-13)21-5-2)20(3)11-12-8-6-7-9-12/h12H,4-11H2,1-3H3,(H,16,17,18,19). The zero-order valence-electron chi connectivity index (χ0n) is 13.4. The molecule has 1 heterocycles. The summed E-state index contributed by atoms with van der Waals surface area (Å²) in [5.41, 5.74) is 0. The Labute approximate surface area is 127 Å². The first-order chi connectivity index (χ1) is 10.2. The number of anilines is 2. The average molecular weight is 293 g/mol. The molecule has 118 valence electrons. The largest absolute Gasteiger partial charge is 0.464 e. The quantitative estimate of drug-likeness (QED) is 0.795. The fourth-order valence-electron chi connectivity index (χ4n) is 2.69. The van der Waals surface area contributed by atoms with E-state index >= 15 is 0 Å². The van der Waals surface area contributed by atoms with Gasteiger partial charge in [-0.1, -0.05) is 19.8 Å². The van der Waals surface area contributed by atoms with Gasteiger partial charge in [0.25, 0.3) is 0 Å². The Balaban J connectivity index is 2.09. The van der Waals surface area contributed by atoms with Gasteiger partial charge in [-0.2, -0.15) is 15.0 Å². The molecule has 0 unspecified atom stereocenters. The monoisotopic (exact) mass is 293 g/mol. The summed E-state index contributed by atoms with van der Waals surface area (Å²) in [7, 11) is 2.05. The molecule has 6 heteroatoms. The van der Waals surface area contributed by atoms with Gasteiger partial charge < -0.3 is 15.0 Å². The second-order valence-electron chi connectivity index (χ2n) is 5.63. The normalized spacial score (nSPS) is 15.2. The molecule has 0 radical (unpaired) electrons. The molecule has 1 aromatic rings. The van der Waals surface area contributed by atoms with Gasteiger partial charge in [-0.3, -0.25) is 0 Å². The van der Waals surface area contributed by atoms with Gasteiger partial charge in [0.05, 0.1) is 6.61 Å². The Morgan fingerprint density at radius 1 is 1.19 bits per heavy atom. The minimum Gasteiger partial charge on any atom is -0.464 e. The predicted octanol–water partition coefficient (Wildman–Crippen LogP) is 2.72. The molecule has 0 aliphatic heterocycles. The van der Waals surface area contributed by atoms with Crippen LogP contribution in [0.4, 0.5) is 11.9 Å². The van der Waals surface area contributed by atoms with Crippen molar-refractivity contribution in [1.29, 1.82) is 0 Å². The number of nitrogens with zero attached hydrogens (tertiary/aromatic N) is 4. The van der Waals surface area contributed by atoms with Gasteiger partial charge in [0.15, 0.2) is 0 Å². The van der Waals surface area contributed by atoms with Crippen LogP contribution in [0.1, 0.15) is 46.0 Å². The molecule has 0 spiro atoms. The molecular weight excluding hydrogens is 266 g/mol. The Kier molecular flexibility index (Phi) is 6.02. The summed E-state index contributed by atoms with van der Waals surface area (Å²) in [5.74, 6) is 2.05. The Morgan fingerprint density at radius 2 is 1.95 bits per heavy atom. The topological polar surface area (TPSA) is 63.2 Å². The zero-order valence-corrected chi connectivity index (χ0v) is 13.4. The number of nitrogens with one attached hydrogen (secondary N) is 1. The van der Waals surface area contributed by atoms with E-state index in [1.165, 1.54) is 25.7 Å².